The molecule has 5 heteroatoms. The maximum absolute atomic E-state index is 11.5. The fourth-order valence-corrected chi connectivity index (χ4v) is 1.51. The zero-order chi connectivity index (χ0) is 12.7. The first kappa shape index (κ1) is 13.3. The van der Waals surface area contributed by atoms with Crippen molar-refractivity contribution in [1.29, 1.82) is 0 Å². The molecule has 1 heterocycles. The topological polar surface area (TPSA) is 68.5 Å². The predicted octanol–water partition coefficient (Wildman–Crippen LogP) is 1.44. The number of esters is 1. The highest BCUT2D eigenvalue weighted by molar-refractivity contribution is 5.75. The van der Waals surface area contributed by atoms with Crippen molar-refractivity contribution in [3.05, 3.63) is 18.3 Å². The van der Waals surface area contributed by atoms with Crippen molar-refractivity contribution in [3.8, 4) is 0 Å². The van der Waals surface area contributed by atoms with Gasteiger partial charge in [0.05, 0.1) is 6.61 Å². The van der Waals surface area contributed by atoms with Gasteiger partial charge in [0.15, 0.2) is 0 Å². The number of carbonyl (C=O) groups excluding carboxylic acids is 1. The zero-order valence-electron chi connectivity index (χ0n) is 10.3. The summed E-state index contributed by atoms with van der Waals surface area (Å²) in [6, 6.07) is 3.48. The number of ether oxygens (including phenoxy) is 1. The molecule has 0 saturated heterocycles. The number of pyridine rings is 1. The van der Waals surface area contributed by atoms with Crippen LogP contribution in [0.15, 0.2) is 18.3 Å². The summed E-state index contributed by atoms with van der Waals surface area (Å²) in [5, 5.41) is 0. The van der Waals surface area contributed by atoms with E-state index < -0.39 is 0 Å². The number of aromatic nitrogens is 1. The summed E-state index contributed by atoms with van der Waals surface area (Å²) in [6.07, 6.45) is 2.56. The fraction of sp³-hybridized carbons (Fsp3) is 0.500. The van der Waals surface area contributed by atoms with Crippen LogP contribution in [0.1, 0.15) is 20.3 Å². The molecule has 0 aliphatic heterocycles. The van der Waals surface area contributed by atoms with E-state index in [1.807, 2.05) is 11.8 Å². The molecule has 0 saturated carbocycles. The zero-order valence-corrected chi connectivity index (χ0v) is 10.3. The van der Waals surface area contributed by atoms with Crippen LogP contribution in [0.2, 0.25) is 0 Å². The summed E-state index contributed by atoms with van der Waals surface area (Å²) in [4.78, 5) is 17.5. The van der Waals surface area contributed by atoms with Gasteiger partial charge in [-0.25, -0.2) is 4.98 Å². The Kier molecular flexibility index (Phi) is 5.26. The third-order valence-corrected chi connectivity index (χ3v) is 2.21. The first-order valence-electron chi connectivity index (χ1n) is 5.79. The molecule has 5 nitrogen and oxygen atoms in total. The minimum Gasteiger partial charge on any atom is -0.465 e. The average molecular weight is 237 g/mol. The lowest BCUT2D eigenvalue weighted by Crippen LogP contribution is -2.32. The first-order valence-corrected chi connectivity index (χ1v) is 5.79. The van der Waals surface area contributed by atoms with Gasteiger partial charge in [-0.2, -0.15) is 0 Å². The molecule has 17 heavy (non-hydrogen) atoms. The van der Waals surface area contributed by atoms with Gasteiger partial charge < -0.3 is 15.4 Å². The number of rotatable bonds is 6. The maximum atomic E-state index is 11.5. The molecule has 0 aliphatic rings. The minimum atomic E-state index is -0.245. The number of nitrogen functional groups attached to an aromatic ring is 1. The van der Waals surface area contributed by atoms with E-state index in [0.29, 0.717) is 18.1 Å². The quantitative estimate of drug-likeness (QED) is 0.758. The Balaban J connectivity index is 2.74. The highest BCUT2D eigenvalue weighted by Gasteiger charge is 2.12. The number of nitrogens with two attached hydrogens (primary N) is 1. The van der Waals surface area contributed by atoms with E-state index in [0.717, 1.165) is 13.0 Å². The number of hydrogen-bond donors (Lipinski definition) is 1. The Morgan fingerprint density at radius 1 is 1.53 bits per heavy atom. The largest absolute Gasteiger partial charge is 0.465 e. The normalized spacial score (nSPS) is 10.0. The number of carbonyl (C=O) groups is 1. The van der Waals surface area contributed by atoms with Crippen molar-refractivity contribution in [3.63, 3.8) is 0 Å². The van der Waals surface area contributed by atoms with Crippen molar-refractivity contribution in [2.24, 2.45) is 0 Å². The number of anilines is 2. The Morgan fingerprint density at radius 3 is 2.88 bits per heavy atom. The van der Waals surface area contributed by atoms with Crippen LogP contribution in [0.3, 0.4) is 0 Å². The minimum absolute atomic E-state index is 0.206. The Hall–Kier alpha value is -1.78. The van der Waals surface area contributed by atoms with E-state index >= 15 is 0 Å². The molecule has 0 spiro atoms. The molecule has 0 fully saturated rings. The molecular weight excluding hydrogens is 218 g/mol. The molecule has 1 rings (SSSR count). The van der Waals surface area contributed by atoms with Crippen LogP contribution in [0.5, 0.6) is 0 Å². The van der Waals surface area contributed by atoms with Crippen molar-refractivity contribution in [2.45, 2.75) is 20.3 Å². The molecule has 0 bridgehead atoms. The SMILES string of the molecule is CCCN(CC(=O)OCC)c1cc(N)ccn1. The molecule has 0 unspecified atom stereocenters. The van der Waals surface area contributed by atoms with Crippen molar-refractivity contribution >= 4 is 17.5 Å². The van der Waals surface area contributed by atoms with Gasteiger partial charge in [-0.05, 0) is 19.4 Å². The van der Waals surface area contributed by atoms with Crippen LogP contribution in [0.4, 0.5) is 11.5 Å². The van der Waals surface area contributed by atoms with E-state index in [2.05, 4.69) is 4.98 Å². The second kappa shape index (κ2) is 6.73. The summed E-state index contributed by atoms with van der Waals surface area (Å²) >= 11 is 0. The molecule has 0 atom stereocenters. The Labute approximate surface area is 102 Å². The Bertz CT molecular complexity index is 369. The molecule has 0 aliphatic carbocycles. The van der Waals surface area contributed by atoms with Crippen molar-refractivity contribution in [1.82, 2.24) is 4.98 Å². The summed E-state index contributed by atoms with van der Waals surface area (Å²) in [7, 11) is 0. The fourth-order valence-electron chi connectivity index (χ4n) is 1.51. The van der Waals surface area contributed by atoms with Crippen molar-refractivity contribution in [2.75, 3.05) is 30.3 Å². The number of nitrogens with zero attached hydrogens (tertiary/aromatic N) is 2. The van der Waals surface area contributed by atoms with Crippen LogP contribution in [-0.4, -0.2) is 30.6 Å². The second-order valence-corrected chi connectivity index (χ2v) is 3.67. The average Bonchev–Trinajstić information content (AvgIpc) is 2.29. The monoisotopic (exact) mass is 237 g/mol. The van der Waals surface area contributed by atoms with Crippen molar-refractivity contribution < 1.29 is 9.53 Å². The smallest absolute Gasteiger partial charge is 0.325 e. The van der Waals surface area contributed by atoms with E-state index in [1.54, 1.807) is 25.3 Å². The summed E-state index contributed by atoms with van der Waals surface area (Å²) < 4.78 is 4.93. The first-order chi connectivity index (χ1) is 8.17. The van der Waals surface area contributed by atoms with E-state index in [4.69, 9.17) is 10.5 Å². The van der Waals surface area contributed by atoms with Gasteiger partial charge in [0.25, 0.3) is 0 Å². The molecule has 0 amide bonds. The molecule has 2 N–H and O–H groups in total. The Morgan fingerprint density at radius 2 is 2.29 bits per heavy atom. The molecule has 0 aromatic carbocycles. The van der Waals surface area contributed by atoms with Gasteiger partial charge in [0.2, 0.25) is 0 Å². The van der Waals surface area contributed by atoms with Gasteiger partial charge in [0, 0.05) is 24.5 Å². The van der Waals surface area contributed by atoms with E-state index in [-0.39, 0.29) is 12.5 Å². The van der Waals surface area contributed by atoms with E-state index in [1.165, 1.54) is 0 Å². The summed E-state index contributed by atoms with van der Waals surface area (Å²) in [6.45, 7) is 5.18. The maximum Gasteiger partial charge on any atom is 0.325 e. The second-order valence-electron chi connectivity index (χ2n) is 3.67. The van der Waals surface area contributed by atoms with Crippen LogP contribution in [0.25, 0.3) is 0 Å². The lowest BCUT2D eigenvalue weighted by molar-refractivity contribution is -0.141. The summed E-state index contributed by atoms with van der Waals surface area (Å²) in [5.74, 6) is 0.463. The van der Waals surface area contributed by atoms with Gasteiger partial charge in [0.1, 0.15) is 12.4 Å². The molecule has 0 radical (unpaired) electrons. The highest BCUT2D eigenvalue weighted by Crippen LogP contribution is 2.14. The van der Waals surface area contributed by atoms with Gasteiger partial charge in [-0.1, -0.05) is 6.92 Å². The van der Waals surface area contributed by atoms with Gasteiger partial charge in [-0.3, -0.25) is 4.79 Å². The van der Waals surface area contributed by atoms with Gasteiger partial charge >= 0.3 is 5.97 Å². The molecule has 1 aromatic heterocycles. The number of hydrogen-bond acceptors (Lipinski definition) is 5. The summed E-state index contributed by atoms with van der Waals surface area (Å²) in [5.41, 5.74) is 6.34. The predicted molar refractivity (Wildman–Crippen MR) is 67.8 cm³/mol. The van der Waals surface area contributed by atoms with Gasteiger partial charge in [-0.15, -0.1) is 0 Å². The molecular formula is C12H19N3O2. The third-order valence-electron chi connectivity index (χ3n) is 2.21. The van der Waals surface area contributed by atoms with Crippen LogP contribution in [-0.2, 0) is 9.53 Å². The lowest BCUT2D eigenvalue weighted by Gasteiger charge is -2.22. The molecule has 94 valence electrons. The molecule has 1 aromatic rings. The standard InChI is InChI=1S/C12H19N3O2/c1-3-7-15(9-12(16)17-4-2)11-8-10(13)5-6-14-11/h5-6,8H,3-4,7,9H2,1-2H3,(H2,13,14). The van der Waals surface area contributed by atoms with Crippen LogP contribution < -0.4 is 10.6 Å². The highest BCUT2D eigenvalue weighted by atomic mass is 16.5. The third kappa shape index (κ3) is 4.30. The van der Waals surface area contributed by atoms with Crippen LogP contribution >= 0.6 is 0 Å². The lowest BCUT2D eigenvalue weighted by atomic mass is 10.3. The van der Waals surface area contributed by atoms with Crippen LogP contribution in [0, 0.1) is 0 Å². The van der Waals surface area contributed by atoms with E-state index in [9.17, 15) is 4.79 Å².